The van der Waals surface area contributed by atoms with Crippen molar-refractivity contribution in [1.82, 2.24) is 0 Å². The summed E-state index contributed by atoms with van der Waals surface area (Å²) >= 11 is 0. The Hall–Kier alpha value is -0.690. The van der Waals surface area contributed by atoms with Gasteiger partial charge >= 0.3 is 65.1 Å². The topological polar surface area (TPSA) is 190 Å². The molecule has 0 aliphatic heterocycles. The van der Waals surface area contributed by atoms with Gasteiger partial charge in [-0.15, -0.1) is 0 Å². The molecule has 0 unspecified atom stereocenters. The maximum atomic E-state index is 10.8. The van der Waals surface area contributed by atoms with Crippen LogP contribution in [-0.2, 0) is 23.9 Å². The largest absolute Gasteiger partial charge is 1.00 e. The minimum atomic E-state index is -3.10. The van der Waals surface area contributed by atoms with Crippen molar-refractivity contribution in [2.45, 2.75) is 18.4 Å². The van der Waals surface area contributed by atoms with E-state index in [2.05, 4.69) is 9.47 Å². The van der Waals surface area contributed by atoms with Gasteiger partial charge < -0.3 is 39.5 Å². The van der Waals surface area contributed by atoms with Gasteiger partial charge in [0.15, 0.2) is 5.60 Å². The molecule has 0 rings (SSSR count). The Morgan fingerprint density at radius 3 is 1.33 bits per heavy atom. The van der Waals surface area contributed by atoms with Gasteiger partial charge in [-0.25, -0.2) is 4.79 Å². The maximum Gasteiger partial charge on any atom is 1.00 e. The van der Waals surface area contributed by atoms with Crippen molar-refractivity contribution in [3.63, 3.8) is 0 Å². The van der Waals surface area contributed by atoms with E-state index in [1.54, 1.807) is 0 Å². The average molecular weight is 324 g/mol. The number of esters is 2. The summed E-state index contributed by atoms with van der Waals surface area (Å²) in [6.45, 7) is 0. The van der Waals surface area contributed by atoms with Crippen molar-refractivity contribution in [2.75, 3.05) is 0 Å². The van der Waals surface area contributed by atoms with Crippen molar-refractivity contribution in [1.29, 1.82) is 0 Å². The molecule has 106 valence electrons. The number of hydrogen-bond donors (Lipinski definition) is 2. The van der Waals surface area contributed by atoms with E-state index in [1.807, 2.05) is 0 Å². The van der Waals surface area contributed by atoms with Crippen LogP contribution in [0.5, 0.6) is 0 Å². The van der Waals surface area contributed by atoms with Crippen LogP contribution in [0.1, 0.15) is 12.8 Å². The molecule has 0 radical (unpaired) electrons. The molecular weight excluding hydrogens is 318 g/mol. The zero-order valence-corrected chi connectivity index (χ0v) is 15.0. The summed E-state index contributed by atoms with van der Waals surface area (Å²) in [4.78, 5) is 52.1. The van der Waals surface area contributed by atoms with Crippen LogP contribution < -0.4 is 69.3 Å². The number of aliphatic carboxylic acids is 1. The van der Waals surface area contributed by atoms with Crippen LogP contribution in [0.15, 0.2) is 0 Å². The molecule has 0 spiro atoms. The molecule has 0 saturated heterocycles. The molecule has 13 heteroatoms. The van der Waals surface area contributed by atoms with Crippen LogP contribution in [0.25, 0.3) is 0 Å². The molecule has 0 amide bonds. The first-order valence-electron chi connectivity index (χ1n) is 4.36. The smallest absolute Gasteiger partial charge is 0.484 e. The second kappa shape index (κ2) is 11.0. The number of rotatable bonds is 5. The Morgan fingerprint density at radius 2 is 1.14 bits per heavy atom. The van der Waals surface area contributed by atoms with Gasteiger partial charge in [-0.05, 0) is 0 Å². The molecule has 0 bridgehead atoms. The van der Waals surface area contributed by atoms with Crippen molar-refractivity contribution in [3.8, 4) is 0 Å². The number of carboxylic acids is 1. The van der Waals surface area contributed by atoms with Crippen molar-refractivity contribution in [2.24, 2.45) is 0 Å². The van der Waals surface area contributed by atoms with Gasteiger partial charge in [0.05, 0.1) is 12.8 Å². The van der Waals surface area contributed by atoms with Gasteiger partial charge in [-0.2, -0.15) is 0 Å². The molecule has 0 atom stereocenters. The molecule has 0 aromatic heterocycles. The number of carbonyl (C=O) groups excluding carboxylic acids is 4. The predicted octanol–water partition coefficient (Wildman–Crippen LogP) is -9.64. The number of aliphatic hydroxyl groups is 1. The van der Waals surface area contributed by atoms with Gasteiger partial charge in [0.1, 0.15) is 0 Å². The van der Waals surface area contributed by atoms with Gasteiger partial charge in [-0.3, -0.25) is 9.59 Å². The van der Waals surface area contributed by atoms with Crippen LogP contribution in [0.3, 0.4) is 0 Å². The van der Waals surface area contributed by atoms with Gasteiger partial charge in [0.2, 0.25) is 11.9 Å². The molecule has 0 fully saturated rings. The molecule has 0 aromatic rings. The average Bonchev–Trinajstić information content (AvgIpc) is 2.12. The summed E-state index contributed by atoms with van der Waals surface area (Å²) in [5.41, 5.74) is -3.10. The minimum absolute atomic E-state index is 0. The molecule has 0 aliphatic carbocycles. The second-order valence-corrected chi connectivity index (χ2v) is 3.14. The number of hydrogen-bond acceptors (Lipinski definition) is 10. The molecule has 0 aliphatic rings. The second-order valence-electron chi connectivity index (χ2n) is 3.14. The third-order valence-electron chi connectivity index (χ3n) is 1.67. The summed E-state index contributed by atoms with van der Waals surface area (Å²) in [5, 5.41) is 37.8. The van der Waals surface area contributed by atoms with Gasteiger partial charge in [0.25, 0.3) is 12.3 Å². The fourth-order valence-electron chi connectivity index (χ4n) is 0.949. The number of carboxylic acid groups (broad SMARTS) is 3. The predicted molar refractivity (Wildman–Crippen MR) is 44.8 cm³/mol. The number of ether oxygens (including phenoxy) is 2. The summed E-state index contributed by atoms with van der Waals surface area (Å²) in [6, 6.07) is 0. The molecule has 11 nitrogen and oxygen atoms in total. The maximum absolute atomic E-state index is 10.8. The summed E-state index contributed by atoms with van der Waals surface area (Å²) in [7, 11) is 0. The van der Waals surface area contributed by atoms with E-state index >= 15 is 0 Å². The van der Waals surface area contributed by atoms with Crippen molar-refractivity contribution in [3.05, 3.63) is 0 Å². The molecule has 0 aromatic carbocycles. The van der Waals surface area contributed by atoms with Crippen molar-refractivity contribution >= 4 is 30.2 Å². The Labute approximate surface area is 160 Å². The van der Waals surface area contributed by atoms with Crippen LogP contribution >= 0.6 is 0 Å². The summed E-state index contributed by atoms with van der Waals surface area (Å²) < 4.78 is 6.84. The quantitative estimate of drug-likeness (QED) is 0.277. The monoisotopic (exact) mass is 324 g/mol. The van der Waals surface area contributed by atoms with Crippen LogP contribution in [0, 0.1) is 0 Å². The third-order valence-corrected chi connectivity index (χ3v) is 1.67. The van der Waals surface area contributed by atoms with E-state index < -0.39 is 48.7 Å². The van der Waals surface area contributed by atoms with E-state index in [9.17, 15) is 39.3 Å². The van der Waals surface area contributed by atoms with Gasteiger partial charge in [0, 0.05) is 0 Å². The molecule has 2 N–H and O–H groups in total. The van der Waals surface area contributed by atoms with E-state index in [0.717, 1.165) is 0 Å². The van der Waals surface area contributed by atoms with Crippen LogP contribution in [0.4, 0.5) is 9.59 Å². The molecule has 0 heterocycles. The fourth-order valence-corrected chi connectivity index (χ4v) is 0.949. The zero-order chi connectivity index (χ0) is 15.2. The fraction of sp³-hybridized carbons (Fsp3) is 0.375. The Kier molecular flexibility index (Phi) is 13.2. The zero-order valence-electron chi connectivity index (χ0n) is 11.0. The molecule has 21 heavy (non-hydrogen) atoms. The summed E-state index contributed by atoms with van der Waals surface area (Å²) in [6.07, 6.45) is -7.48. The normalized spacial score (nSPS) is 9.38. The van der Waals surface area contributed by atoms with Crippen LogP contribution in [-0.4, -0.2) is 46.0 Å². The molecular formula is C8H6Na2O11. The number of carbonyl (C=O) groups is 5. The van der Waals surface area contributed by atoms with E-state index in [-0.39, 0.29) is 59.1 Å². The Bertz CT molecular complexity index is 402. The summed E-state index contributed by atoms with van der Waals surface area (Å²) in [5.74, 6) is -5.53. The van der Waals surface area contributed by atoms with E-state index in [1.165, 1.54) is 0 Å². The SMILES string of the molecule is O=C([O-])OC(=O)CC(O)(CC(=O)OC(=O)[O-])C(=O)O.[Na+].[Na+]. The van der Waals surface area contributed by atoms with Gasteiger partial charge in [-0.1, -0.05) is 0 Å². The third kappa shape index (κ3) is 10.6. The Balaban J connectivity index is -0.00000162. The van der Waals surface area contributed by atoms with E-state index in [4.69, 9.17) is 5.11 Å². The standard InChI is InChI=1S/C8H8O11.2Na/c9-3(18-6(13)14)1-8(17,5(11)12)2-4(10)19-7(15)16;;/h17H,1-2H2,(H,11,12)(H,13,14)(H,15,16);;/q;2*+1/p-2. The van der Waals surface area contributed by atoms with Crippen LogP contribution in [0.2, 0.25) is 0 Å². The molecule has 0 saturated carbocycles. The van der Waals surface area contributed by atoms with Crippen molar-refractivity contribution < 1.29 is 113 Å². The first-order valence-corrected chi connectivity index (χ1v) is 4.36. The first-order chi connectivity index (χ1) is 8.56. The Morgan fingerprint density at radius 1 is 0.857 bits per heavy atom. The first kappa shape index (κ1) is 25.3. The van der Waals surface area contributed by atoms with E-state index in [0.29, 0.717) is 0 Å². The minimum Gasteiger partial charge on any atom is -0.484 e.